The van der Waals surface area contributed by atoms with Crippen molar-refractivity contribution in [2.45, 2.75) is 153 Å². The predicted molar refractivity (Wildman–Crippen MR) is 162 cm³/mol. The first-order valence-corrected chi connectivity index (χ1v) is 19.7. The Kier molecular flexibility index (Phi) is 7.66. The summed E-state index contributed by atoms with van der Waals surface area (Å²) in [5.74, 6) is 0.706. The van der Waals surface area contributed by atoms with Crippen LogP contribution in [0.5, 0.6) is 0 Å². The van der Waals surface area contributed by atoms with Gasteiger partial charge in [0, 0.05) is 24.7 Å². The molecule has 2 aliphatic carbocycles. The minimum Gasteiger partial charge on any atom is -0.346 e. The van der Waals surface area contributed by atoms with Crippen LogP contribution in [-0.2, 0) is 48.3 Å². The molecule has 0 radical (unpaired) electrons. The SMILES string of the molecule is C[C@@H]1CC[C@H]2[C@@H](C)C(CCS(=O)(=O)CCC3O[C@@H]4O[C@]5(C)CC[C@@H]6[C@@H](C)CC[C@H]([C@@H]3C)[C@]46OO5)O[C@H]3O[C@@]4(C)CC[C@@H]1[C@]32OO4. The van der Waals surface area contributed by atoms with E-state index in [9.17, 15) is 8.42 Å². The third kappa shape index (κ3) is 4.79. The van der Waals surface area contributed by atoms with Crippen LogP contribution in [0.15, 0.2) is 0 Å². The van der Waals surface area contributed by atoms with Crippen molar-refractivity contribution in [3.63, 3.8) is 0 Å². The molecular formula is C34H54O10S. The fourth-order valence-electron chi connectivity index (χ4n) is 11.3. The normalized spacial score (nSPS) is 57.0. The molecule has 10 fully saturated rings. The first kappa shape index (κ1) is 31.9. The second kappa shape index (κ2) is 10.8. The summed E-state index contributed by atoms with van der Waals surface area (Å²) in [6, 6.07) is 0. The quantitative estimate of drug-likeness (QED) is 0.332. The molecule has 256 valence electrons. The third-order valence-electron chi connectivity index (χ3n) is 14.0. The molecule has 0 N–H and O–H groups in total. The number of fused-ring (bicyclic) bond motifs is 4. The molecule has 2 unspecified atom stereocenters. The Morgan fingerprint density at radius 1 is 0.578 bits per heavy atom. The Bertz CT molecular complexity index is 1180. The van der Waals surface area contributed by atoms with E-state index in [2.05, 4.69) is 27.7 Å². The van der Waals surface area contributed by atoms with Gasteiger partial charge in [-0.1, -0.05) is 27.7 Å². The zero-order chi connectivity index (χ0) is 31.6. The molecule has 2 spiro atoms. The summed E-state index contributed by atoms with van der Waals surface area (Å²) >= 11 is 0. The van der Waals surface area contributed by atoms with Crippen molar-refractivity contribution in [1.29, 1.82) is 0 Å². The van der Waals surface area contributed by atoms with Crippen molar-refractivity contribution >= 4 is 9.84 Å². The van der Waals surface area contributed by atoms with Gasteiger partial charge in [-0.05, 0) is 101 Å². The van der Waals surface area contributed by atoms with E-state index in [0.717, 1.165) is 51.4 Å². The first-order valence-electron chi connectivity index (χ1n) is 17.9. The summed E-state index contributed by atoms with van der Waals surface area (Å²) in [6.45, 7) is 12.8. The smallest absolute Gasteiger partial charge is 0.201 e. The molecule has 0 amide bonds. The summed E-state index contributed by atoms with van der Waals surface area (Å²) in [6.07, 6.45) is 7.08. The highest BCUT2D eigenvalue weighted by Gasteiger charge is 2.70. The maximum atomic E-state index is 13.6. The van der Waals surface area contributed by atoms with Gasteiger partial charge in [0.15, 0.2) is 33.6 Å². The molecule has 8 heterocycles. The van der Waals surface area contributed by atoms with E-state index >= 15 is 0 Å². The van der Waals surface area contributed by atoms with Crippen LogP contribution >= 0.6 is 0 Å². The van der Waals surface area contributed by atoms with Gasteiger partial charge in [0.1, 0.15) is 0 Å². The molecule has 2 saturated carbocycles. The maximum Gasteiger partial charge on any atom is 0.201 e. The molecule has 16 atom stereocenters. The maximum absolute atomic E-state index is 13.6. The lowest BCUT2D eigenvalue weighted by Gasteiger charge is -2.60. The molecule has 0 aromatic rings. The van der Waals surface area contributed by atoms with Crippen LogP contribution in [0.4, 0.5) is 0 Å². The van der Waals surface area contributed by atoms with Crippen molar-refractivity contribution in [2.24, 2.45) is 47.3 Å². The van der Waals surface area contributed by atoms with Crippen LogP contribution in [0.3, 0.4) is 0 Å². The van der Waals surface area contributed by atoms with E-state index in [1.165, 1.54) is 0 Å². The van der Waals surface area contributed by atoms with Gasteiger partial charge in [-0.25, -0.2) is 28.0 Å². The lowest BCUT2D eigenvalue weighted by Crippen LogP contribution is -2.70. The van der Waals surface area contributed by atoms with Gasteiger partial charge in [0.25, 0.3) is 0 Å². The minimum atomic E-state index is -3.36. The van der Waals surface area contributed by atoms with E-state index in [1.54, 1.807) is 0 Å². The molecule has 11 heteroatoms. The lowest BCUT2D eigenvalue weighted by atomic mass is 9.57. The van der Waals surface area contributed by atoms with Crippen LogP contribution in [0, 0.1) is 47.3 Å². The lowest BCUT2D eigenvalue weighted by molar-refractivity contribution is -0.571. The number of sulfone groups is 1. The zero-order valence-corrected chi connectivity index (χ0v) is 28.7. The van der Waals surface area contributed by atoms with Gasteiger partial charge in [-0.15, -0.1) is 0 Å². The zero-order valence-electron chi connectivity index (χ0n) is 27.9. The summed E-state index contributed by atoms with van der Waals surface area (Å²) in [4.78, 5) is 24.4. The molecule has 0 aromatic carbocycles. The van der Waals surface area contributed by atoms with Crippen molar-refractivity contribution in [3.8, 4) is 0 Å². The van der Waals surface area contributed by atoms with Gasteiger partial charge in [-0.2, -0.15) is 0 Å². The van der Waals surface area contributed by atoms with E-state index in [-0.39, 0.29) is 47.4 Å². The molecular weight excluding hydrogens is 600 g/mol. The molecule has 10 nitrogen and oxygen atoms in total. The van der Waals surface area contributed by atoms with Gasteiger partial charge in [0.05, 0.1) is 23.7 Å². The Labute approximate surface area is 268 Å². The van der Waals surface area contributed by atoms with Gasteiger partial charge >= 0.3 is 0 Å². The minimum absolute atomic E-state index is 0.0753. The van der Waals surface area contributed by atoms with Crippen LogP contribution in [0.2, 0.25) is 0 Å². The highest BCUT2D eigenvalue weighted by Crippen LogP contribution is 2.62. The average Bonchev–Trinajstić information content (AvgIpc) is 3.37. The third-order valence-corrected chi connectivity index (χ3v) is 15.7. The molecule has 10 aliphatic rings. The Hall–Kier alpha value is -0.370. The summed E-state index contributed by atoms with van der Waals surface area (Å²) in [5, 5.41) is 0. The van der Waals surface area contributed by atoms with E-state index in [4.69, 9.17) is 38.5 Å². The van der Waals surface area contributed by atoms with E-state index in [1.807, 2.05) is 13.8 Å². The topological polar surface area (TPSA) is 108 Å². The van der Waals surface area contributed by atoms with Gasteiger partial charge in [0.2, 0.25) is 11.6 Å². The standard InChI is InChI=1S/C34H54O10S/c1-19-7-9-25-21(3)27(37-29-33(25)23(19)11-15-31(5,39-29)41-43-33)13-17-45(35,36)18-14-28-22(4)26-10-8-20(2)24-12-16-32(6)40-30(38-28)34(24,26)44-42-32/h19-30H,7-18H2,1-6H3/t19-,20+,21-,22+,23+,24-,25+,26-,27?,28?,29+,30-,31-,32+,33-,34+. The highest BCUT2D eigenvalue weighted by molar-refractivity contribution is 7.91. The average molecular weight is 655 g/mol. The molecule has 10 rings (SSSR count). The van der Waals surface area contributed by atoms with Crippen molar-refractivity contribution < 1.29 is 46.9 Å². The van der Waals surface area contributed by atoms with Crippen molar-refractivity contribution in [3.05, 3.63) is 0 Å². The van der Waals surface area contributed by atoms with Crippen LogP contribution < -0.4 is 0 Å². The van der Waals surface area contributed by atoms with Gasteiger partial charge in [-0.3, -0.25) is 0 Å². The predicted octanol–water partition coefficient (Wildman–Crippen LogP) is 5.68. The van der Waals surface area contributed by atoms with E-state index in [0.29, 0.717) is 36.5 Å². The number of hydrogen-bond donors (Lipinski definition) is 0. The van der Waals surface area contributed by atoms with Crippen LogP contribution in [0.25, 0.3) is 0 Å². The summed E-state index contributed by atoms with van der Waals surface area (Å²) in [5.41, 5.74) is -1.26. The first-order chi connectivity index (χ1) is 21.3. The van der Waals surface area contributed by atoms with Gasteiger partial charge < -0.3 is 18.9 Å². The second-order valence-electron chi connectivity index (χ2n) is 16.6. The number of hydrogen-bond acceptors (Lipinski definition) is 10. The molecule has 45 heavy (non-hydrogen) atoms. The molecule has 8 saturated heterocycles. The fraction of sp³-hybridized carbons (Fsp3) is 1.00. The summed E-state index contributed by atoms with van der Waals surface area (Å²) < 4.78 is 53.5. The van der Waals surface area contributed by atoms with Crippen molar-refractivity contribution in [2.75, 3.05) is 11.5 Å². The fourth-order valence-corrected chi connectivity index (χ4v) is 12.7. The monoisotopic (exact) mass is 654 g/mol. The van der Waals surface area contributed by atoms with E-state index < -0.39 is 45.2 Å². The molecule has 8 aliphatic heterocycles. The Morgan fingerprint density at radius 3 is 1.42 bits per heavy atom. The Balaban J connectivity index is 0.941. The highest BCUT2D eigenvalue weighted by atomic mass is 32.2. The molecule has 4 bridgehead atoms. The number of ether oxygens (including phenoxy) is 4. The Morgan fingerprint density at radius 2 is 1.00 bits per heavy atom. The summed E-state index contributed by atoms with van der Waals surface area (Å²) in [7, 11) is -3.36. The van der Waals surface area contributed by atoms with Crippen LogP contribution in [0.1, 0.15) is 106 Å². The largest absolute Gasteiger partial charge is 0.346 e. The second-order valence-corrected chi connectivity index (χ2v) is 18.9. The van der Waals surface area contributed by atoms with Crippen LogP contribution in [-0.4, -0.2) is 67.5 Å². The molecule has 0 aromatic heterocycles. The van der Waals surface area contributed by atoms with Crippen molar-refractivity contribution in [1.82, 2.24) is 0 Å². The number of rotatable bonds is 6.